The molecule has 4 nitrogen and oxygen atoms in total. The van der Waals surface area contributed by atoms with Gasteiger partial charge in [0.2, 0.25) is 0 Å². The van der Waals surface area contributed by atoms with Crippen molar-refractivity contribution < 1.29 is 0 Å². The molecule has 0 aromatic carbocycles. The van der Waals surface area contributed by atoms with Gasteiger partial charge in [-0.1, -0.05) is 6.92 Å². The van der Waals surface area contributed by atoms with E-state index >= 15 is 0 Å². The predicted molar refractivity (Wildman–Crippen MR) is 64.0 cm³/mol. The van der Waals surface area contributed by atoms with Gasteiger partial charge >= 0.3 is 0 Å². The topological polar surface area (TPSA) is 65.9 Å². The third-order valence-corrected chi connectivity index (χ3v) is 3.00. The molecule has 84 valence electrons. The summed E-state index contributed by atoms with van der Waals surface area (Å²) in [6.07, 6.45) is 2.46. The summed E-state index contributed by atoms with van der Waals surface area (Å²) in [6, 6.07) is 5.68. The molecule has 16 heavy (non-hydrogen) atoms. The number of hydrogen-bond donors (Lipinski definition) is 1. The van der Waals surface area contributed by atoms with Crippen LogP contribution in [0.5, 0.6) is 0 Å². The molecule has 2 heterocycles. The second-order valence-corrected chi connectivity index (χ2v) is 4.41. The Morgan fingerprint density at radius 2 is 2.38 bits per heavy atom. The summed E-state index contributed by atoms with van der Waals surface area (Å²) in [7, 11) is 0. The Balaban J connectivity index is 2.24. The molecular weight excluding hydrogens is 200 g/mol. The average Bonchev–Trinajstić information content (AvgIpc) is 2.29. The van der Waals surface area contributed by atoms with Crippen LogP contribution in [0.15, 0.2) is 12.1 Å². The fourth-order valence-electron chi connectivity index (χ4n) is 2.12. The second-order valence-electron chi connectivity index (χ2n) is 4.41. The summed E-state index contributed by atoms with van der Waals surface area (Å²) >= 11 is 0. The molecule has 0 saturated carbocycles. The number of nitriles is 1. The van der Waals surface area contributed by atoms with Crippen molar-refractivity contribution in [3.05, 3.63) is 17.8 Å². The summed E-state index contributed by atoms with van der Waals surface area (Å²) in [5.41, 5.74) is 6.44. The molecule has 0 radical (unpaired) electrons. The van der Waals surface area contributed by atoms with Crippen LogP contribution in [0.1, 0.15) is 25.5 Å². The van der Waals surface area contributed by atoms with E-state index in [1.807, 2.05) is 12.1 Å². The van der Waals surface area contributed by atoms with Crippen LogP contribution in [-0.4, -0.2) is 18.1 Å². The van der Waals surface area contributed by atoms with Gasteiger partial charge in [0.15, 0.2) is 5.69 Å². The lowest BCUT2D eigenvalue weighted by Crippen LogP contribution is -2.34. The first kappa shape index (κ1) is 10.7. The number of nitrogen functional groups attached to an aromatic ring is 1. The SMILES string of the molecule is CC1CCCN(c2ccc(N)c(C#N)n2)C1. The minimum absolute atomic E-state index is 0.329. The zero-order valence-electron chi connectivity index (χ0n) is 9.48. The van der Waals surface area contributed by atoms with Gasteiger partial charge in [0.05, 0.1) is 5.69 Å². The van der Waals surface area contributed by atoms with Gasteiger partial charge in [0, 0.05) is 13.1 Å². The summed E-state index contributed by atoms with van der Waals surface area (Å²) < 4.78 is 0. The lowest BCUT2D eigenvalue weighted by molar-refractivity contribution is 0.444. The number of pyridine rings is 1. The third kappa shape index (κ3) is 2.08. The summed E-state index contributed by atoms with van der Waals surface area (Å²) in [5, 5.41) is 8.88. The number of nitrogens with zero attached hydrogens (tertiary/aromatic N) is 3. The van der Waals surface area contributed by atoms with Crippen LogP contribution in [0, 0.1) is 17.2 Å². The van der Waals surface area contributed by atoms with Gasteiger partial charge in [-0.25, -0.2) is 4.98 Å². The van der Waals surface area contributed by atoms with Gasteiger partial charge in [0.1, 0.15) is 11.9 Å². The Labute approximate surface area is 95.7 Å². The zero-order chi connectivity index (χ0) is 11.5. The monoisotopic (exact) mass is 216 g/mol. The van der Waals surface area contributed by atoms with E-state index < -0.39 is 0 Å². The van der Waals surface area contributed by atoms with Crippen molar-refractivity contribution in [1.82, 2.24) is 4.98 Å². The number of rotatable bonds is 1. The van der Waals surface area contributed by atoms with Gasteiger partial charge in [-0.15, -0.1) is 0 Å². The zero-order valence-corrected chi connectivity index (χ0v) is 9.48. The van der Waals surface area contributed by atoms with Crippen molar-refractivity contribution in [2.75, 3.05) is 23.7 Å². The van der Waals surface area contributed by atoms with E-state index in [-0.39, 0.29) is 0 Å². The Bertz CT molecular complexity index is 422. The molecule has 1 aromatic heterocycles. The first-order valence-corrected chi connectivity index (χ1v) is 5.62. The average molecular weight is 216 g/mol. The quantitative estimate of drug-likeness (QED) is 0.777. The van der Waals surface area contributed by atoms with Crippen molar-refractivity contribution in [2.45, 2.75) is 19.8 Å². The smallest absolute Gasteiger partial charge is 0.165 e. The molecule has 0 amide bonds. The van der Waals surface area contributed by atoms with Gasteiger partial charge in [-0.05, 0) is 30.9 Å². The molecule has 1 aliphatic rings. The summed E-state index contributed by atoms with van der Waals surface area (Å²) in [6.45, 7) is 4.28. The molecule has 0 aliphatic carbocycles. The number of aromatic nitrogens is 1. The Hall–Kier alpha value is -1.76. The van der Waals surface area contributed by atoms with Crippen molar-refractivity contribution in [3.63, 3.8) is 0 Å². The maximum Gasteiger partial charge on any atom is 0.165 e. The predicted octanol–water partition coefficient (Wildman–Crippen LogP) is 1.77. The molecule has 2 rings (SSSR count). The maximum absolute atomic E-state index is 8.88. The van der Waals surface area contributed by atoms with E-state index in [0.717, 1.165) is 18.9 Å². The highest BCUT2D eigenvalue weighted by molar-refractivity contribution is 5.55. The summed E-state index contributed by atoms with van der Waals surface area (Å²) in [5.74, 6) is 1.57. The molecule has 1 unspecified atom stereocenters. The van der Waals surface area contributed by atoms with Crippen LogP contribution < -0.4 is 10.6 Å². The van der Waals surface area contributed by atoms with Crippen LogP contribution in [0.25, 0.3) is 0 Å². The highest BCUT2D eigenvalue weighted by Gasteiger charge is 2.18. The van der Waals surface area contributed by atoms with Crippen LogP contribution in [-0.2, 0) is 0 Å². The van der Waals surface area contributed by atoms with E-state index in [1.165, 1.54) is 12.8 Å². The second kappa shape index (κ2) is 4.40. The molecule has 1 atom stereocenters. The molecule has 1 fully saturated rings. The van der Waals surface area contributed by atoms with Crippen molar-refractivity contribution >= 4 is 11.5 Å². The van der Waals surface area contributed by atoms with Crippen LogP contribution in [0.3, 0.4) is 0 Å². The molecule has 0 bridgehead atoms. The number of piperidine rings is 1. The summed E-state index contributed by atoms with van der Waals surface area (Å²) in [4.78, 5) is 6.52. The fraction of sp³-hybridized carbons (Fsp3) is 0.500. The molecule has 4 heteroatoms. The minimum Gasteiger partial charge on any atom is -0.396 e. The first-order valence-electron chi connectivity index (χ1n) is 5.62. The number of hydrogen-bond acceptors (Lipinski definition) is 4. The van der Waals surface area contributed by atoms with Crippen molar-refractivity contribution in [2.24, 2.45) is 5.92 Å². The van der Waals surface area contributed by atoms with Gasteiger partial charge in [0.25, 0.3) is 0 Å². The normalized spacial score (nSPS) is 20.5. The van der Waals surface area contributed by atoms with E-state index in [0.29, 0.717) is 17.3 Å². The number of anilines is 2. The molecule has 0 spiro atoms. The third-order valence-electron chi connectivity index (χ3n) is 3.00. The highest BCUT2D eigenvalue weighted by atomic mass is 15.2. The van der Waals surface area contributed by atoms with Crippen LogP contribution in [0.4, 0.5) is 11.5 Å². The lowest BCUT2D eigenvalue weighted by Gasteiger charge is -2.31. The largest absolute Gasteiger partial charge is 0.396 e. The highest BCUT2D eigenvalue weighted by Crippen LogP contribution is 2.22. The van der Waals surface area contributed by atoms with Gasteiger partial charge < -0.3 is 10.6 Å². The molecule has 2 N–H and O–H groups in total. The minimum atomic E-state index is 0.329. The Morgan fingerprint density at radius 1 is 1.56 bits per heavy atom. The van der Waals surface area contributed by atoms with Crippen LogP contribution >= 0.6 is 0 Å². The fourth-order valence-corrected chi connectivity index (χ4v) is 2.12. The van der Waals surface area contributed by atoms with Crippen molar-refractivity contribution in [1.29, 1.82) is 5.26 Å². The van der Waals surface area contributed by atoms with Crippen molar-refractivity contribution in [3.8, 4) is 6.07 Å². The Kier molecular flexibility index (Phi) is 2.95. The van der Waals surface area contributed by atoms with E-state index in [9.17, 15) is 0 Å². The molecule has 1 aliphatic heterocycles. The van der Waals surface area contributed by atoms with E-state index in [2.05, 4.69) is 16.8 Å². The lowest BCUT2D eigenvalue weighted by atomic mass is 10.0. The molecule has 1 saturated heterocycles. The van der Waals surface area contributed by atoms with Gasteiger partial charge in [-0.2, -0.15) is 5.26 Å². The Morgan fingerprint density at radius 3 is 3.06 bits per heavy atom. The van der Waals surface area contributed by atoms with Crippen LogP contribution in [0.2, 0.25) is 0 Å². The number of nitrogens with two attached hydrogens (primary N) is 1. The first-order chi connectivity index (χ1) is 7.70. The molecule has 1 aromatic rings. The molecular formula is C12H16N4. The standard InChI is InChI=1S/C12H16N4/c1-9-3-2-6-16(8-9)12-5-4-10(14)11(7-13)15-12/h4-5,9H,2-3,6,8,14H2,1H3. The van der Waals surface area contributed by atoms with E-state index in [4.69, 9.17) is 11.0 Å². The van der Waals surface area contributed by atoms with E-state index in [1.54, 1.807) is 6.07 Å². The van der Waals surface area contributed by atoms with Gasteiger partial charge in [-0.3, -0.25) is 0 Å². The maximum atomic E-state index is 8.88.